The molecule has 0 saturated carbocycles. The van der Waals surface area contributed by atoms with Crippen molar-refractivity contribution in [2.24, 2.45) is 4.99 Å². The van der Waals surface area contributed by atoms with Crippen LogP contribution in [0, 0.1) is 0 Å². The number of rotatable bonds is 9. The van der Waals surface area contributed by atoms with E-state index in [1.807, 2.05) is 66.7 Å². The highest BCUT2D eigenvalue weighted by Gasteiger charge is 2.33. The van der Waals surface area contributed by atoms with E-state index < -0.39 is 0 Å². The smallest absolute Gasteiger partial charge is 0.266 e. The van der Waals surface area contributed by atoms with E-state index in [1.54, 1.807) is 19.1 Å². The summed E-state index contributed by atoms with van der Waals surface area (Å²) in [6, 6.07) is 29.8. The second-order valence-electron chi connectivity index (χ2n) is 8.66. The van der Waals surface area contributed by atoms with Crippen molar-refractivity contribution < 1.29 is 19.0 Å². The van der Waals surface area contributed by atoms with Gasteiger partial charge in [0, 0.05) is 12.7 Å². The van der Waals surface area contributed by atoms with Crippen LogP contribution in [-0.2, 0) is 16.1 Å². The average molecular weight is 525 g/mol. The van der Waals surface area contributed by atoms with Crippen molar-refractivity contribution in [2.45, 2.75) is 6.61 Å². The molecular formula is C31H28N2O4S. The van der Waals surface area contributed by atoms with Gasteiger partial charge in [-0.2, -0.15) is 0 Å². The lowest BCUT2D eigenvalue weighted by atomic mass is 10.1. The van der Waals surface area contributed by atoms with Crippen molar-refractivity contribution in [1.82, 2.24) is 4.90 Å². The summed E-state index contributed by atoms with van der Waals surface area (Å²) < 4.78 is 16.7. The fourth-order valence-corrected chi connectivity index (χ4v) is 5.12. The van der Waals surface area contributed by atoms with Gasteiger partial charge in [0.1, 0.15) is 18.1 Å². The number of para-hydroxylation sites is 1. The molecule has 5 rings (SSSR count). The van der Waals surface area contributed by atoms with E-state index in [2.05, 4.69) is 30.3 Å². The molecule has 6 nitrogen and oxygen atoms in total. The summed E-state index contributed by atoms with van der Waals surface area (Å²) in [6.45, 7) is 1.25. The summed E-state index contributed by atoms with van der Waals surface area (Å²) >= 11 is 1.35. The van der Waals surface area contributed by atoms with Gasteiger partial charge in [0.15, 0.2) is 5.17 Å². The van der Waals surface area contributed by atoms with Crippen LogP contribution in [0.3, 0.4) is 0 Å². The molecule has 1 saturated heterocycles. The zero-order valence-corrected chi connectivity index (χ0v) is 22.1. The summed E-state index contributed by atoms with van der Waals surface area (Å²) in [7, 11) is 3.24. The minimum absolute atomic E-state index is 0.108. The summed E-state index contributed by atoms with van der Waals surface area (Å²) in [5.74, 6) is 1.36. The number of aliphatic imine (C=N–C) groups is 1. The molecule has 4 aromatic carbocycles. The summed E-state index contributed by atoms with van der Waals surface area (Å²) in [6.07, 6.45) is 1.87. The highest BCUT2D eigenvalue weighted by molar-refractivity contribution is 8.18. The van der Waals surface area contributed by atoms with Crippen LogP contribution in [0.5, 0.6) is 11.5 Å². The number of hydrogen-bond acceptors (Lipinski definition) is 6. The Morgan fingerprint density at radius 2 is 1.66 bits per heavy atom. The van der Waals surface area contributed by atoms with Crippen LogP contribution in [0.15, 0.2) is 101 Å². The third-order valence-corrected chi connectivity index (χ3v) is 7.12. The van der Waals surface area contributed by atoms with Crippen LogP contribution in [0.4, 0.5) is 5.69 Å². The maximum atomic E-state index is 13.4. The molecule has 38 heavy (non-hydrogen) atoms. The molecule has 0 aromatic heterocycles. The van der Waals surface area contributed by atoms with Crippen molar-refractivity contribution in [3.8, 4) is 11.5 Å². The van der Waals surface area contributed by atoms with Gasteiger partial charge in [-0.3, -0.25) is 9.69 Å². The normalized spacial score (nSPS) is 15.5. The predicted octanol–water partition coefficient (Wildman–Crippen LogP) is 6.68. The number of fused-ring (bicyclic) bond motifs is 1. The van der Waals surface area contributed by atoms with Crippen molar-refractivity contribution in [3.63, 3.8) is 0 Å². The number of carbonyl (C=O) groups excluding carboxylic acids is 1. The van der Waals surface area contributed by atoms with E-state index >= 15 is 0 Å². The first-order valence-corrected chi connectivity index (χ1v) is 13.1. The topological polar surface area (TPSA) is 60.4 Å². The molecule has 0 bridgehead atoms. The van der Waals surface area contributed by atoms with Crippen LogP contribution in [0.2, 0.25) is 0 Å². The van der Waals surface area contributed by atoms with Gasteiger partial charge < -0.3 is 14.2 Å². The fraction of sp³-hybridized carbons (Fsp3) is 0.161. The Morgan fingerprint density at radius 3 is 2.45 bits per heavy atom. The standard InChI is InChI=1S/C31H28N2O4S/c1-35-18-17-33-30(34)29(38-31(33)32-26-13-15-27(36-2)16-14-26)20-25-9-5-6-10-28(25)37-21-22-11-12-23-7-3-4-8-24(23)19-22/h3-16,19-20H,17-18,21H2,1-2H3/b29-20-,32-31?. The van der Waals surface area contributed by atoms with Gasteiger partial charge in [0.25, 0.3) is 5.91 Å². The molecule has 0 unspecified atom stereocenters. The van der Waals surface area contributed by atoms with Crippen LogP contribution >= 0.6 is 11.8 Å². The summed E-state index contributed by atoms with van der Waals surface area (Å²) in [4.78, 5) is 20.3. The quantitative estimate of drug-likeness (QED) is 0.229. The average Bonchev–Trinajstić information content (AvgIpc) is 3.24. The molecule has 0 aliphatic carbocycles. The monoisotopic (exact) mass is 524 g/mol. The number of nitrogens with zero attached hydrogens (tertiary/aromatic N) is 2. The van der Waals surface area contributed by atoms with Crippen molar-refractivity contribution in [2.75, 3.05) is 27.4 Å². The highest BCUT2D eigenvalue weighted by atomic mass is 32.2. The second-order valence-corrected chi connectivity index (χ2v) is 9.67. The molecule has 7 heteroatoms. The zero-order valence-electron chi connectivity index (χ0n) is 21.3. The first-order valence-electron chi connectivity index (χ1n) is 12.3. The SMILES string of the molecule is COCCN1C(=O)/C(=C/c2ccccc2OCc2ccc3ccccc3c2)SC1=Nc1ccc(OC)cc1. The van der Waals surface area contributed by atoms with Crippen LogP contribution in [-0.4, -0.2) is 43.3 Å². The van der Waals surface area contributed by atoms with Crippen molar-refractivity contribution >= 4 is 45.4 Å². The second kappa shape index (κ2) is 12.0. The molecular weight excluding hydrogens is 496 g/mol. The first kappa shape index (κ1) is 25.6. The third kappa shape index (κ3) is 5.90. The fourth-order valence-electron chi connectivity index (χ4n) is 4.10. The van der Waals surface area contributed by atoms with E-state index in [0.29, 0.717) is 35.6 Å². The number of amidine groups is 1. The molecule has 192 valence electrons. The molecule has 0 atom stereocenters. The van der Waals surface area contributed by atoms with E-state index in [1.165, 1.54) is 22.5 Å². The lowest BCUT2D eigenvalue weighted by Gasteiger charge is -2.14. The summed E-state index contributed by atoms with van der Waals surface area (Å²) in [5, 5.41) is 2.98. The zero-order chi connectivity index (χ0) is 26.3. The van der Waals surface area contributed by atoms with Gasteiger partial charge in [0.05, 0.1) is 30.9 Å². The Balaban J connectivity index is 1.38. The first-order chi connectivity index (χ1) is 18.6. The number of ether oxygens (including phenoxy) is 3. The Bertz CT molecular complexity index is 1500. The van der Waals surface area contributed by atoms with Gasteiger partial charge >= 0.3 is 0 Å². The Morgan fingerprint density at radius 1 is 0.895 bits per heavy atom. The molecule has 4 aromatic rings. The van der Waals surface area contributed by atoms with Crippen molar-refractivity contribution in [3.05, 3.63) is 107 Å². The van der Waals surface area contributed by atoms with Crippen LogP contribution in [0.25, 0.3) is 16.8 Å². The molecule has 1 amide bonds. The van der Waals surface area contributed by atoms with E-state index in [4.69, 9.17) is 19.2 Å². The Kier molecular flexibility index (Phi) is 8.06. The van der Waals surface area contributed by atoms with E-state index in [9.17, 15) is 4.79 Å². The van der Waals surface area contributed by atoms with E-state index in [0.717, 1.165) is 22.6 Å². The highest BCUT2D eigenvalue weighted by Crippen LogP contribution is 2.36. The summed E-state index contributed by atoms with van der Waals surface area (Å²) in [5.41, 5.74) is 2.66. The maximum Gasteiger partial charge on any atom is 0.266 e. The van der Waals surface area contributed by atoms with Gasteiger partial charge in [0.2, 0.25) is 0 Å². The Hall–Kier alpha value is -4.07. The number of carbonyl (C=O) groups is 1. The lowest BCUT2D eigenvalue weighted by Crippen LogP contribution is -2.32. The molecule has 1 heterocycles. The largest absolute Gasteiger partial charge is 0.497 e. The van der Waals surface area contributed by atoms with E-state index in [-0.39, 0.29) is 5.91 Å². The number of amides is 1. The number of thioether (sulfide) groups is 1. The number of hydrogen-bond donors (Lipinski definition) is 0. The Labute approximate surface area is 226 Å². The van der Waals surface area contributed by atoms with Gasteiger partial charge in [-0.1, -0.05) is 54.6 Å². The third-order valence-electron chi connectivity index (χ3n) is 6.12. The number of methoxy groups -OCH3 is 2. The molecule has 1 aliphatic rings. The minimum atomic E-state index is -0.108. The molecule has 1 fully saturated rings. The minimum Gasteiger partial charge on any atom is -0.497 e. The van der Waals surface area contributed by atoms with Crippen molar-refractivity contribution in [1.29, 1.82) is 0 Å². The lowest BCUT2D eigenvalue weighted by molar-refractivity contribution is -0.122. The molecule has 0 N–H and O–H groups in total. The molecule has 0 spiro atoms. The predicted molar refractivity (Wildman–Crippen MR) is 154 cm³/mol. The number of benzene rings is 4. The van der Waals surface area contributed by atoms with Crippen LogP contribution in [0.1, 0.15) is 11.1 Å². The van der Waals surface area contributed by atoms with Gasteiger partial charge in [-0.15, -0.1) is 0 Å². The molecule has 1 aliphatic heterocycles. The van der Waals surface area contributed by atoms with Gasteiger partial charge in [-0.05, 0) is 70.6 Å². The molecule has 0 radical (unpaired) electrons. The van der Waals surface area contributed by atoms with Gasteiger partial charge in [-0.25, -0.2) is 4.99 Å². The van der Waals surface area contributed by atoms with Crippen LogP contribution < -0.4 is 9.47 Å². The maximum absolute atomic E-state index is 13.4.